The summed E-state index contributed by atoms with van der Waals surface area (Å²) in [6, 6.07) is 6.41. The molecule has 2 aromatic carbocycles. The van der Waals surface area contributed by atoms with E-state index in [9.17, 15) is 13.4 Å². The Bertz CT molecular complexity index is 1120. The summed E-state index contributed by atoms with van der Waals surface area (Å²) in [5.74, 6) is 0.416. The van der Waals surface area contributed by atoms with Gasteiger partial charge in [0.25, 0.3) is 5.91 Å². The molecule has 0 bridgehead atoms. The fourth-order valence-electron chi connectivity index (χ4n) is 4.49. The molecule has 0 radical (unpaired) electrons. The molecule has 1 unspecified atom stereocenters. The minimum atomic E-state index is -1.56. The fraction of sp³-hybridized carbons (Fsp3) is 0.480. The van der Waals surface area contributed by atoms with Gasteiger partial charge < -0.3 is 9.47 Å². The summed E-state index contributed by atoms with van der Waals surface area (Å²) in [7, 11) is 0.0413. The molecule has 1 atom stereocenters. The first kappa shape index (κ1) is 26.2. The molecule has 1 heterocycles. The number of hydrogen-bond donors (Lipinski definition) is 1. The van der Waals surface area contributed by atoms with Gasteiger partial charge in [0, 0.05) is 29.5 Å². The molecule has 1 aliphatic carbocycles. The Morgan fingerprint density at radius 1 is 1.17 bits per heavy atom. The van der Waals surface area contributed by atoms with Gasteiger partial charge in [0.2, 0.25) is 0 Å². The first-order valence-corrected chi connectivity index (χ1v) is 13.9. The summed E-state index contributed by atoms with van der Waals surface area (Å²) in [5, 5.41) is 1.09. The fourth-order valence-corrected chi connectivity index (χ4v) is 5.47. The van der Waals surface area contributed by atoms with Crippen molar-refractivity contribution in [2.45, 2.75) is 38.1 Å². The minimum absolute atomic E-state index is 0.0979. The number of benzene rings is 2. The first-order chi connectivity index (χ1) is 16.7. The number of amides is 1. The van der Waals surface area contributed by atoms with Crippen LogP contribution in [0.15, 0.2) is 24.3 Å². The van der Waals surface area contributed by atoms with E-state index in [1.54, 1.807) is 19.2 Å². The van der Waals surface area contributed by atoms with Crippen molar-refractivity contribution in [3.63, 3.8) is 0 Å². The van der Waals surface area contributed by atoms with Gasteiger partial charge in [-0.1, -0.05) is 23.2 Å². The van der Waals surface area contributed by atoms with Crippen LogP contribution in [0.4, 0.5) is 4.39 Å². The lowest BCUT2D eigenvalue weighted by atomic mass is 9.97. The van der Waals surface area contributed by atoms with Gasteiger partial charge in [0.1, 0.15) is 28.3 Å². The van der Waals surface area contributed by atoms with Crippen molar-refractivity contribution in [3.05, 3.63) is 56.8 Å². The summed E-state index contributed by atoms with van der Waals surface area (Å²) in [6.45, 7) is 2.96. The smallest absolute Gasteiger partial charge is 0.265 e. The van der Waals surface area contributed by atoms with Crippen LogP contribution in [0.25, 0.3) is 0 Å². The number of nitrogens with zero attached hydrogens (tertiary/aromatic N) is 1. The third-order valence-corrected chi connectivity index (χ3v) is 7.43. The maximum atomic E-state index is 14.7. The number of hydrogen-bond acceptors (Lipinski definition) is 5. The topological polar surface area (TPSA) is 67.9 Å². The Morgan fingerprint density at radius 3 is 2.51 bits per heavy atom. The standard InChI is InChI=1S/C25H29Cl2FN2O4S/c1-33-24-17(9-18(26)10-21(24)27)13-30-7-5-15(6-8-30)14-34-23-12-22(28)20(25(31)29-35(2)32)11-19(23)16-3-4-16/h9-12,15-16H,3-8,13-14H2,1-2H3,(H,29,31). The van der Waals surface area contributed by atoms with Crippen LogP contribution in [0.2, 0.25) is 10.0 Å². The maximum Gasteiger partial charge on any atom is 0.265 e. The van der Waals surface area contributed by atoms with Crippen molar-refractivity contribution in [2.75, 3.05) is 33.1 Å². The summed E-state index contributed by atoms with van der Waals surface area (Å²) in [6.07, 6.45) is 5.19. The van der Waals surface area contributed by atoms with Crippen molar-refractivity contribution in [1.82, 2.24) is 9.62 Å². The van der Waals surface area contributed by atoms with E-state index in [2.05, 4.69) is 9.62 Å². The Hall–Kier alpha value is -1.87. The molecule has 190 valence electrons. The zero-order chi connectivity index (χ0) is 25.1. The van der Waals surface area contributed by atoms with Crippen molar-refractivity contribution in [1.29, 1.82) is 0 Å². The lowest BCUT2D eigenvalue weighted by molar-refractivity contribution is 0.0979. The van der Waals surface area contributed by atoms with Gasteiger partial charge in [-0.25, -0.2) is 8.60 Å². The van der Waals surface area contributed by atoms with Gasteiger partial charge in [0.15, 0.2) is 0 Å². The second kappa shape index (κ2) is 11.5. The van der Waals surface area contributed by atoms with Gasteiger partial charge in [-0.05, 0) is 74.4 Å². The average molecular weight is 543 g/mol. The molecule has 1 N–H and O–H groups in total. The van der Waals surface area contributed by atoms with Gasteiger partial charge in [-0.2, -0.15) is 0 Å². The van der Waals surface area contributed by atoms with Crippen LogP contribution in [-0.2, 0) is 17.5 Å². The highest BCUT2D eigenvalue weighted by molar-refractivity contribution is 7.82. The number of piperidine rings is 1. The zero-order valence-electron chi connectivity index (χ0n) is 19.7. The lowest BCUT2D eigenvalue weighted by Crippen LogP contribution is -2.35. The highest BCUT2D eigenvalue weighted by Crippen LogP contribution is 2.45. The number of ether oxygens (including phenoxy) is 2. The molecule has 1 amide bonds. The van der Waals surface area contributed by atoms with Crippen LogP contribution in [0.5, 0.6) is 11.5 Å². The van der Waals surface area contributed by atoms with E-state index in [0.717, 1.165) is 49.9 Å². The molecule has 0 aromatic heterocycles. The number of rotatable bonds is 9. The third kappa shape index (κ3) is 6.67. The molecule has 0 spiro atoms. The van der Waals surface area contributed by atoms with E-state index in [0.29, 0.717) is 40.6 Å². The summed E-state index contributed by atoms with van der Waals surface area (Å²) in [5.41, 5.74) is 1.71. The van der Waals surface area contributed by atoms with E-state index in [-0.39, 0.29) is 11.5 Å². The SMILES string of the molecule is COc1c(Cl)cc(Cl)cc1CN1CCC(COc2cc(F)c(C(=O)NS(C)=O)cc2C2CC2)CC1. The largest absolute Gasteiger partial charge is 0.495 e. The molecule has 6 nitrogen and oxygen atoms in total. The number of carbonyl (C=O) groups excluding carboxylic acids is 1. The van der Waals surface area contributed by atoms with Crippen molar-refractivity contribution < 1.29 is 22.9 Å². The molecule has 10 heteroatoms. The van der Waals surface area contributed by atoms with E-state index in [1.165, 1.54) is 12.3 Å². The van der Waals surface area contributed by atoms with E-state index >= 15 is 0 Å². The Labute approximate surface area is 217 Å². The number of methoxy groups -OCH3 is 1. The van der Waals surface area contributed by atoms with E-state index < -0.39 is 22.7 Å². The second-order valence-electron chi connectivity index (χ2n) is 9.14. The van der Waals surface area contributed by atoms with Crippen molar-refractivity contribution in [3.8, 4) is 11.5 Å². The molecule has 2 fully saturated rings. The molecule has 1 saturated heterocycles. The van der Waals surface area contributed by atoms with Crippen LogP contribution < -0.4 is 14.2 Å². The number of halogens is 3. The monoisotopic (exact) mass is 542 g/mol. The predicted octanol–water partition coefficient (Wildman–Crippen LogP) is 5.33. The zero-order valence-corrected chi connectivity index (χ0v) is 22.1. The van der Waals surface area contributed by atoms with Crippen LogP contribution in [0.1, 0.15) is 53.1 Å². The number of likely N-dealkylation sites (tertiary alicyclic amines) is 1. The predicted molar refractivity (Wildman–Crippen MR) is 136 cm³/mol. The van der Waals surface area contributed by atoms with Gasteiger partial charge in [-0.15, -0.1) is 0 Å². The molecule has 1 saturated carbocycles. The Balaban J connectivity index is 1.36. The molecule has 2 aromatic rings. The van der Waals surface area contributed by atoms with Gasteiger partial charge >= 0.3 is 0 Å². The van der Waals surface area contributed by atoms with Crippen LogP contribution in [-0.4, -0.2) is 48.1 Å². The summed E-state index contributed by atoms with van der Waals surface area (Å²) in [4.78, 5) is 14.5. The average Bonchev–Trinajstić information content (AvgIpc) is 3.63. The molecule has 1 aliphatic heterocycles. The Morgan fingerprint density at radius 2 is 1.89 bits per heavy atom. The number of nitrogens with one attached hydrogen (secondary N) is 1. The van der Waals surface area contributed by atoms with Crippen molar-refractivity contribution >= 4 is 40.1 Å². The normalized spacial score (nSPS) is 17.7. The van der Waals surface area contributed by atoms with Crippen molar-refractivity contribution in [2.24, 2.45) is 5.92 Å². The van der Waals surface area contributed by atoms with Crippen LogP contribution in [0.3, 0.4) is 0 Å². The van der Waals surface area contributed by atoms with Gasteiger partial charge in [-0.3, -0.25) is 14.4 Å². The second-order valence-corrected chi connectivity index (χ2v) is 11.1. The quantitative estimate of drug-likeness (QED) is 0.463. The molecule has 35 heavy (non-hydrogen) atoms. The number of carbonyl (C=O) groups is 1. The molecular weight excluding hydrogens is 514 g/mol. The third-order valence-electron chi connectivity index (χ3n) is 6.46. The van der Waals surface area contributed by atoms with E-state index in [1.807, 2.05) is 6.07 Å². The molecule has 2 aliphatic rings. The molecular formula is C25H29Cl2FN2O4S. The maximum absolute atomic E-state index is 14.7. The first-order valence-electron chi connectivity index (χ1n) is 11.6. The van der Waals surface area contributed by atoms with Crippen LogP contribution >= 0.6 is 23.2 Å². The summed E-state index contributed by atoms with van der Waals surface area (Å²) < 4.78 is 39.8. The minimum Gasteiger partial charge on any atom is -0.495 e. The Kier molecular flexibility index (Phi) is 8.58. The lowest BCUT2D eigenvalue weighted by Gasteiger charge is -2.32. The summed E-state index contributed by atoms with van der Waals surface area (Å²) >= 11 is 12.4. The highest BCUT2D eigenvalue weighted by atomic mass is 35.5. The van der Waals surface area contributed by atoms with Gasteiger partial charge in [0.05, 0.1) is 24.3 Å². The van der Waals surface area contributed by atoms with E-state index in [4.69, 9.17) is 32.7 Å². The van der Waals surface area contributed by atoms with Crippen LogP contribution in [0, 0.1) is 11.7 Å². The molecule has 4 rings (SSSR count). The highest BCUT2D eigenvalue weighted by Gasteiger charge is 2.30.